The Labute approximate surface area is 157 Å². The fraction of sp³-hybridized carbons (Fsp3) is 0.350. The second kappa shape index (κ2) is 7.08. The minimum Gasteiger partial charge on any atom is -0.335 e. The molecule has 1 saturated heterocycles. The van der Waals surface area contributed by atoms with Crippen molar-refractivity contribution in [2.45, 2.75) is 31.8 Å². The number of carbonyl (C=O) groups excluding carboxylic acids is 2. The van der Waals surface area contributed by atoms with E-state index in [0.717, 1.165) is 24.1 Å². The summed E-state index contributed by atoms with van der Waals surface area (Å²) in [5.41, 5.74) is 1.81. The Hall–Kier alpha value is -2.40. The molecule has 2 amide bonds. The lowest BCUT2D eigenvalue weighted by atomic mass is 10.1. The van der Waals surface area contributed by atoms with Crippen molar-refractivity contribution in [3.8, 4) is 0 Å². The minimum absolute atomic E-state index is 0.0113. The van der Waals surface area contributed by atoms with Crippen LogP contribution in [0, 0.1) is 5.92 Å². The lowest BCUT2D eigenvalue weighted by Crippen LogP contribution is -2.38. The molecular weight excluding hydrogens is 350 g/mol. The molecule has 4 rings (SSSR count). The van der Waals surface area contributed by atoms with Crippen LogP contribution in [0.1, 0.15) is 24.8 Å². The number of anilines is 1. The average Bonchev–Trinajstić information content (AvgIpc) is 3.42. The number of carbonyl (C=O) groups is 2. The highest BCUT2D eigenvalue weighted by Gasteiger charge is 2.41. The molecule has 2 aromatic rings. The summed E-state index contributed by atoms with van der Waals surface area (Å²) in [5.74, 6) is -0.237. The SMILES string of the molecule is O=C1CC(C(=O)N(Cc2cccnc2)C2CC2)CN1c1ccc(Cl)cc1. The van der Waals surface area contributed by atoms with Gasteiger partial charge in [-0.3, -0.25) is 14.6 Å². The summed E-state index contributed by atoms with van der Waals surface area (Å²) in [6.45, 7) is 0.985. The molecule has 0 radical (unpaired) electrons. The molecule has 0 bridgehead atoms. The number of benzene rings is 1. The highest BCUT2D eigenvalue weighted by molar-refractivity contribution is 6.30. The Morgan fingerprint density at radius 1 is 1.23 bits per heavy atom. The topological polar surface area (TPSA) is 53.5 Å². The van der Waals surface area contributed by atoms with Gasteiger partial charge in [0.1, 0.15) is 0 Å². The van der Waals surface area contributed by atoms with Crippen molar-refractivity contribution in [2.75, 3.05) is 11.4 Å². The third-order valence-electron chi connectivity index (χ3n) is 4.96. The van der Waals surface area contributed by atoms with Gasteiger partial charge in [-0.2, -0.15) is 0 Å². The number of hydrogen-bond donors (Lipinski definition) is 0. The van der Waals surface area contributed by atoms with E-state index in [1.807, 2.05) is 29.2 Å². The first-order valence-electron chi connectivity index (χ1n) is 8.87. The fourth-order valence-electron chi connectivity index (χ4n) is 3.44. The van der Waals surface area contributed by atoms with Crippen molar-refractivity contribution in [3.05, 3.63) is 59.4 Å². The lowest BCUT2D eigenvalue weighted by molar-refractivity contribution is -0.137. The predicted octanol–water partition coefficient (Wildman–Crippen LogP) is 3.28. The quantitative estimate of drug-likeness (QED) is 0.812. The Morgan fingerprint density at radius 2 is 2.00 bits per heavy atom. The summed E-state index contributed by atoms with van der Waals surface area (Å²) in [6.07, 6.45) is 5.85. The molecule has 2 aliphatic rings. The maximum atomic E-state index is 13.1. The van der Waals surface area contributed by atoms with Crippen LogP contribution in [0.2, 0.25) is 5.02 Å². The molecule has 5 nitrogen and oxygen atoms in total. The Bertz CT molecular complexity index is 806. The van der Waals surface area contributed by atoms with Gasteiger partial charge < -0.3 is 9.80 Å². The first-order chi connectivity index (χ1) is 12.6. The lowest BCUT2D eigenvalue weighted by Gasteiger charge is -2.25. The largest absolute Gasteiger partial charge is 0.335 e. The number of nitrogens with zero attached hydrogens (tertiary/aromatic N) is 3. The van der Waals surface area contributed by atoms with Crippen molar-refractivity contribution in [3.63, 3.8) is 0 Å². The molecule has 1 atom stereocenters. The Morgan fingerprint density at radius 3 is 2.65 bits per heavy atom. The molecule has 1 aromatic carbocycles. The second-order valence-electron chi connectivity index (χ2n) is 6.94. The van der Waals surface area contributed by atoms with E-state index in [1.165, 1.54) is 0 Å². The Balaban J connectivity index is 1.48. The van der Waals surface area contributed by atoms with Gasteiger partial charge in [-0.1, -0.05) is 17.7 Å². The van der Waals surface area contributed by atoms with Gasteiger partial charge in [0.15, 0.2) is 0 Å². The van der Waals surface area contributed by atoms with E-state index in [9.17, 15) is 9.59 Å². The molecule has 134 valence electrons. The standard InChI is InChI=1S/C20H20ClN3O2/c21-16-3-5-17(6-4-16)23-13-15(10-19(23)25)20(26)24(18-7-8-18)12-14-2-1-9-22-11-14/h1-6,9,11,15,18H,7-8,10,12-13H2. The molecular formula is C20H20ClN3O2. The third-order valence-corrected chi connectivity index (χ3v) is 5.21. The highest BCUT2D eigenvalue weighted by Crippen LogP contribution is 2.33. The smallest absolute Gasteiger partial charge is 0.228 e. The second-order valence-corrected chi connectivity index (χ2v) is 7.38. The van der Waals surface area contributed by atoms with Gasteiger partial charge in [0.2, 0.25) is 11.8 Å². The number of amides is 2. The highest BCUT2D eigenvalue weighted by atomic mass is 35.5. The third kappa shape index (κ3) is 3.58. The molecule has 1 aliphatic carbocycles. The number of rotatable bonds is 5. The summed E-state index contributed by atoms with van der Waals surface area (Å²) in [7, 11) is 0. The summed E-state index contributed by atoms with van der Waals surface area (Å²) in [5, 5.41) is 0.629. The minimum atomic E-state index is -0.296. The number of hydrogen-bond acceptors (Lipinski definition) is 3. The van der Waals surface area contributed by atoms with Gasteiger partial charge in [0.05, 0.1) is 5.92 Å². The van der Waals surface area contributed by atoms with Gasteiger partial charge in [-0.25, -0.2) is 0 Å². The van der Waals surface area contributed by atoms with Crippen molar-refractivity contribution < 1.29 is 9.59 Å². The van der Waals surface area contributed by atoms with E-state index in [2.05, 4.69) is 4.98 Å². The van der Waals surface area contributed by atoms with E-state index in [0.29, 0.717) is 24.2 Å². The van der Waals surface area contributed by atoms with Crippen LogP contribution in [0.5, 0.6) is 0 Å². The molecule has 6 heteroatoms. The first-order valence-corrected chi connectivity index (χ1v) is 9.25. The van der Waals surface area contributed by atoms with E-state index in [1.54, 1.807) is 29.4 Å². The van der Waals surface area contributed by atoms with Gasteiger partial charge in [0, 0.05) is 48.7 Å². The van der Waals surface area contributed by atoms with Crippen LogP contribution in [0.3, 0.4) is 0 Å². The summed E-state index contributed by atoms with van der Waals surface area (Å²) in [6, 6.07) is 11.3. The first kappa shape index (κ1) is 17.0. The fourth-order valence-corrected chi connectivity index (χ4v) is 3.57. The van der Waals surface area contributed by atoms with E-state index >= 15 is 0 Å². The van der Waals surface area contributed by atoms with Gasteiger partial charge in [0.25, 0.3) is 0 Å². The molecule has 1 aromatic heterocycles. The van der Waals surface area contributed by atoms with Crippen LogP contribution in [0.25, 0.3) is 0 Å². The molecule has 0 N–H and O–H groups in total. The predicted molar refractivity (Wildman–Crippen MR) is 99.7 cm³/mol. The number of halogens is 1. The van der Waals surface area contributed by atoms with Crippen molar-refractivity contribution in [2.24, 2.45) is 5.92 Å². The zero-order valence-corrected chi connectivity index (χ0v) is 15.1. The van der Waals surface area contributed by atoms with Crippen LogP contribution in [-0.4, -0.2) is 34.3 Å². The average molecular weight is 370 g/mol. The van der Waals surface area contributed by atoms with E-state index in [4.69, 9.17) is 11.6 Å². The Kier molecular flexibility index (Phi) is 4.64. The van der Waals surface area contributed by atoms with Crippen molar-refractivity contribution in [1.82, 2.24) is 9.88 Å². The van der Waals surface area contributed by atoms with Crippen molar-refractivity contribution >= 4 is 29.1 Å². The van der Waals surface area contributed by atoms with Crippen LogP contribution in [0.15, 0.2) is 48.8 Å². The molecule has 1 unspecified atom stereocenters. The molecule has 1 aliphatic heterocycles. The van der Waals surface area contributed by atoms with Crippen LogP contribution in [-0.2, 0) is 16.1 Å². The van der Waals surface area contributed by atoms with Gasteiger partial charge in [-0.05, 0) is 48.7 Å². The maximum Gasteiger partial charge on any atom is 0.228 e. The molecule has 2 heterocycles. The zero-order chi connectivity index (χ0) is 18.1. The van der Waals surface area contributed by atoms with Crippen LogP contribution < -0.4 is 4.90 Å². The summed E-state index contributed by atoms with van der Waals surface area (Å²) >= 11 is 5.92. The monoisotopic (exact) mass is 369 g/mol. The normalized spacial score (nSPS) is 19.7. The number of pyridine rings is 1. The van der Waals surface area contributed by atoms with Gasteiger partial charge in [-0.15, -0.1) is 0 Å². The molecule has 0 spiro atoms. The van der Waals surface area contributed by atoms with Crippen molar-refractivity contribution in [1.29, 1.82) is 0 Å². The summed E-state index contributed by atoms with van der Waals surface area (Å²) in [4.78, 5) is 33.3. The summed E-state index contributed by atoms with van der Waals surface area (Å²) < 4.78 is 0. The molecule has 2 fully saturated rings. The van der Waals surface area contributed by atoms with E-state index in [-0.39, 0.29) is 24.2 Å². The zero-order valence-electron chi connectivity index (χ0n) is 14.3. The number of aromatic nitrogens is 1. The van der Waals surface area contributed by atoms with Crippen LogP contribution in [0.4, 0.5) is 5.69 Å². The van der Waals surface area contributed by atoms with Gasteiger partial charge >= 0.3 is 0 Å². The molecule has 26 heavy (non-hydrogen) atoms. The van der Waals surface area contributed by atoms with Crippen LogP contribution >= 0.6 is 11.6 Å². The van der Waals surface area contributed by atoms with E-state index < -0.39 is 0 Å². The maximum absolute atomic E-state index is 13.1. The molecule has 1 saturated carbocycles.